The van der Waals surface area contributed by atoms with Crippen molar-refractivity contribution in [2.24, 2.45) is 0 Å². The summed E-state index contributed by atoms with van der Waals surface area (Å²) in [6.07, 6.45) is 1.61. The zero-order chi connectivity index (χ0) is 15.4. The maximum atomic E-state index is 13.1. The summed E-state index contributed by atoms with van der Waals surface area (Å²) in [4.78, 5) is 11.9. The number of anilines is 1. The fourth-order valence-electron chi connectivity index (χ4n) is 1.64. The molecular formula is C13H12F3N3O2. The van der Waals surface area contributed by atoms with Crippen LogP contribution < -0.4 is 10.1 Å². The molecule has 0 spiro atoms. The van der Waals surface area contributed by atoms with Crippen LogP contribution in [0.1, 0.15) is 17.4 Å². The van der Waals surface area contributed by atoms with E-state index in [9.17, 15) is 18.0 Å². The van der Waals surface area contributed by atoms with Crippen molar-refractivity contribution < 1.29 is 22.7 Å². The lowest BCUT2D eigenvalue weighted by molar-refractivity contribution is -0.0495. The molecule has 0 saturated carbocycles. The van der Waals surface area contributed by atoms with Crippen LogP contribution in [0.3, 0.4) is 0 Å². The molecule has 1 aromatic heterocycles. The van der Waals surface area contributed by atoms with E-state index in [1.807, 2.05) is 6.92 Å². The summed E-state index contributed by atoms with van der Waals surface area (Å²) in [7, 11) is 0. The van der Waals surface area contributed by atoms with E-state index in [4.69, 9.17) is 0 Å². The van der Waals surface area contributed by atoms with Gasteiger partial charge < -0.3 is 10.1 Å². The topological polar surface area (TPSA) is 56.2 Å². The molecule has 8 heteroatoms. The molecule has 0 radical (unpaired) electrons. The van der Waals surface area contributed by atoms with Crippen LogP contribution in [0.2, 0.25) is 0 Å². The van der Waals surface area contributed by atoms with Gasteiger partial charge in [0.1, 0.15) is 5.82 Å². The molecule has 0 atom stereocenters. The van der Waals surface area contributed by atoms with E-state index in [-0.39, 0.29) is 11.4 Å². The minimum atomic E-state index is -3.12. The third kappa shape index (κ3) is 3.74. The maximum Gasteiger partial charge on any atom is 0.387 e. The molecule has 0 aliphatic rings. The average molecular weight is 299 g/mol. The van der Waals surface area contributed by atoms with Crippen molar-refractivity contribution in [1.82, 2.24) is 9.78 Å². The third-order valence-corrected chi connectivity index (χ3v) is 2.61. The molecule has 112 valence electrons. The lowest BCUT2D eigenvalue weighted by Gasteiger charge is -2.11. The summed E-state index contributed by atoms with van der Waals surface area (Å²) in [6, 6.07) is 4.42. The minimum Gasteiger partial charge on any atom is -0.432 e. The Kier molecular flexibility index (Phi) is 4.46. The van der Waals surface area contributed by atoms with Crippen LogP contribution in [0.25, 0.3) is 0 Å². The number of carbonyl (C=O) groups excluding carboxylic acids is 1. The number of nitrogens with zero attached hydrogens (tertiary/aromatic N) is 2. The highest BCUT2D eigenvalue weighted by molar-refractivity contribution is 6.03. The second-order valence-corrected chi connectivity index (χ2v) is 4.03. The highest BCUT2D eigenvalue weighted by Gasteiger charge is 2.15. The molecule has 2 rings (SSSR count). The number of ether oxygens (including phenoxy) is 1. The quantitative estimate of drug-likeness (QED) is 0.923. The fourth-order valence-corrected chi connectivity index (χ4v) is 1.64. The first-order valence-electron chi connectivity index (χ1n) is 6.08. The third-order valence-electron chi connectivity index (χ3n) is 2.61. The summed E-state index contributed by atoms with van der Waals surface area (Å²) >= 11 is 0. The monoisotopic (exact) mass is 299 g/mol. The highest BCUT2D eigenvalue weighted by atomic mass is 19.3. The Balaban J connectivity index is 2.20. The molecule has 0 bridgehead atoms. The number of hydrogen-bond acceptors (Lipinski definition) is 3. The summed E-state index contributed by atoms with van der Waals surface area (Å²) in [6.45, 7) is -0.686. The lowest BCUT2D eigenvalue weighted by Crippen LogP contribution is -2.15. The van der Waals surface area contributed by atoms with Gasteiger partial charge in [0, 0.05) is 18.8 Å². The van der Waals surface area contributed by atoms with Crippen molar-refractivity contribution in [2.45, 2.75) is 20.1 Å². The van der Waals surface area contributed by atoms with Gasteiger partial charge in [-0.2, -0.15) is 13.9 Å². The zero-order valence-corrected chi connectivity index (χ0v) is 11.0. The van der Waals surface area contributed by atoms with Gasteiger partial charge in [0.05, 0.1) is 5.69 Å². The summed E-state index contributed by atoms with van der Waals surface area (Å²) in [5.74, 6) is -1.81. The lowest BCUT2D eigenvalue weighted by atomic mass is 10.2. The average Bonchev–Trinajstić information content (AvgIpc) is 2.90. The number of benzene rings is 1. The maximum absolute atomic E-state index is 13.1. The molecular weight excluding hydrogens is 287 g/mol. The SMILES string of the molecule is CCn1ccc(C(=O)Nc2ccc(F)cc2OC(F)F)n1. The smallest absolute Gasteiger partial charge is 0.387 e. The molecule has 0 aliphatic heterocycles. The molecule has 0 saturated heterocycles. The molecule has 0 fully saturated rings. The molecule has 1 amide bonds. The van der Waals surface area contributed by atoms with Gasteiger partial charge in [-0.25, -0.2) is 4.39 Å². The molecule has 2 aromatic rings. The van der Waals surface area contributed by atoms with Crippen LogP contribution in [0.5, 0.6) is 5.75 Å². The minimum absolute atomic E-state index is 0.0623. The predicted molar refractivity (Wildman–Crippen MR) is 68.9 cm³/mol. The van der Waals surface area contributed by atoms with Gasteiger partial charge in [-0.15, -0.1) is 0 Å². The van der Waals surface area contributed by atoms with Gasteiger partial charge in [-0.3, -0.25) is 9.48 Å². The number of amides is 1. The van der Waals surface area contributed by atoms with Gasteiger partial charge in [-0.05, 0) is 25.1 Å². The Labute approximate surface area is 118 Å². The molecule has 1 aromatic carbocycles. The van der Waals surface area contributed by atoms with Crippen molar-refractivity contribution in [3.05, 3.63) is 42.0 Å². The second kappa shape index (κ2) is 6.29. The number of alkyl halides is 2. The molecule has 1 N–H and O–H groups in total. The number of nitrogens with one attached hydrogen (secondary N) is 1. The van der Waals surface area contributed by atoms with Crippen LogP contribution >= 0.6 is 0 Å². The largest absolute Gasteiger partial charge is 0.432 e. The van der Waals surface area contributed by atoms with E-state index < -0.39 is 24.1 Å². The second-order valence-electron chi connectivity index (χ2n) is 4.03. The normalized spacial score (nSPS) is 10.7. The highest BCUT2D eigenvalue weighted by Crippen LogP contribution is 2.27. The Morgan fingerprint density at radius 3 is 2.81 bits per heavy atom. The first kappa shape index (κ1) is 14.9. The van der Waals surface area contributed by atoms with E-state index in [0.717, 1.165) is 18.2 Å². The predicted octanol–water partition coefficient (Wildman–Crippen LogP) is 2.90. The van der Waals surface area contributed by atoms with E-state index >= 15 is 0 Å². The Hall–Kier alpha value is -2.51. The Bertz CT molecular complexity index is 643. The van der Waals surface area contributed by atoms with E-state index in [1.54, 1.807) is 6.20 Å². The van der Waals surface area contributed by atoms with Crippen molar-refractivity contribution in [3.8, 4) is 5.75 Å². The van der Waals surface area contributed by atoms with E-state index in [2.05, 4.69) is 15.2 Å². The molecule has 5 nitrogen and oxygen atoms in total. The van der Waals surface area contributed by atoms with Crippen molar-refractivity contribution >= 4 is 11.6 Å². The summed E-state index contributed by atoms with van der Waals surface area (Å²) in [5, 5.41) is 6.33. The molecule has 0 unspecified atom stereocenters. The van der Waals surface area contributed by atoms with Gasteiger partial charge in [0.2, 0.25) is 0 Å². The van der Waals surface area contributed by atoms with Crippen LogP contribution in [0, 0.1) is 5.82 Å². The molecule has 21 heavy (non-hydrogen) atoms. The fraction of sp³-hybridized carbons (Fsp3) is 0.231. The first-order chi connectivity index (χ1) is 9.99. The van der Waals surface area contributed by atoms with Gasteiger partial charge in [0.15, 0.2) is 11.4 Å². The van der Waals surface area contributed by atoms with Crippen molar-refractivity contribution in [1.29, 1.82) is 0 Å². The standard InChI is InChI=1S/C13H12F3N3O2/c1-2-19-6-5-10(18-19)12(20)17-9-4-3-8(14)7-11(9)21-13(15)16/h3-7,13H,2H2,1H3,(H,17,20). The first-order valence-corrected chi connectivity index (χ1v) is 6.08. The number of rotatable bonds is 5. The van der Waals surface area contributed by atoms with Crippen LogP contribution in [0.4, 0.5) is 18.9 Å². The van der Waals surface area contributed by atoms with Gasteiger partial charge in [-0.1, -0.05) is 0 Å². The van der Waals surface area contributed by atoms with E-state index in [1.165, 1.54) is 10.7 Å². The van der Waals surface area contributed by atoms with Gasteiger partial charge in [0.25, 0.3) is 5.91 Å². The number of halogens is 3. The summed E-state index contributed by atoms with van der Waals surface area (Å²) in [5.41, 5.74) is 0.0527. The number of carbonyl (C=O) groups is 1. The van der Waals surface area contributed by atoms with Crippen molar-refractivity contribution in [2.75, 3.05) is 5.32 Å². The number of aryl methyl sites for hydroxylation is 1. The Morgan fingerprint density at radius 1 is 1.43 bits per heavy atom. The molecule has 0 aliphatic carbocycles. The zero-order valence-electron chi connectivity index (χ0n) is 11.0. The number of hydrogen-bond donors (Lipinski definition) is 1. The Morgan fingerprint density at radius 2 is 2.19 bits per heavy atom. The van der Waals surface area contributed by atoms with Gasteiger partial charge >= 0.3 is 6.61 Å². The van der Waals surface area contributed by atoms with Crippen molar-refractivity contribution in [3.63, 3.8) is 0 Å². The summed E-state index contributed by atoms with van der Waals surface area (Å²) < 4.78 is 43.3. The molecule has 1 heterocycles. The van der Waals surface area contributed by atoms with Crippen LogP contribution in [0.15, 0.2) is 30.5 Å². The van der Waals surface area contributed by atoms with Crippen LogP contribution in [-0.4, -0.2) is 22.3 Å². The van der Waals surface area contributed by atoms with Crippen LogP contribution in [-0.2, 0) is 6.54 Å². The number of aromatic nitrogens is 2. The van der Waals surface area contributed by atoms with E-state index in [0.29, 0.717) is 6.54 Å².